The number of ether oxygens (including phenoxy) is 1. The molecule has 0 aliphatic heterocycles. The Labute approximate surface area is 229 Å². The number of carbonyl (C=O) groups is 2. The Balaban J connectivity index is 1.36. The third kappa shape index (κ3) is 7.05. The standard InChI is InChI=1S/C29H36FN3O5S/c1-4-38-28(34)16-9-22-18-33(3)27-15-14-25(17-26(22)27)39(36,37)32-24-12-7-21(8-13-24)29(35)31-19(2)20-5-10-23(30)11-6-20/h5-6,10-11,14-15,17-19,21,24,32H,4,7-9,12-13,16H2,1-3H3,(H,31,35)/t19-,21?,24?/m1/s1. The van der Waals surface area contributed by atoms with Crippen molar-refractivity contribution in [3.63, 3.8) is 0 Å². The predicted molar refractivity (Wildman–Crippen MR) is 147 cm³/mol. The molecule has 0 radical (unpaired) electrons. The van der Waals surface area contributed by atoms with E-state index < -0.39 is 10.0 Å². The van der Waals surface area contributed by atoms with E-state index in [1.807, 2.05) is 24.7 Å². The van der Waals surface area contributed by atoms with Crippen molar-refractivity contribution in [2.45, 2.75) is 69.4 Å². The first-order valence-electron chi connectivity index (χ1n) is 13.4. The van der Waals surface area contributed by atoms with Gasteiger partial charge in [0, 0.05) is 42.5 Å². The fourth-order valence-corrected chi connectivity index (χ4v) is 6.55. The molecule has 1 fully saturated rings. The Hall–Kier alpha value is -3.24. The van der Waals surface area contributed by atoms with E-state index in [-0.39, 0.29) is 47.0 Å². The van der Waals surface area contributed by atoms with Gasteiger partial charge in [0.05, 0.1) is 17.5 Å². The minimum atomic E-state index is -3.78. The molecule has 39 heavy (non-hydrogen) atoms. The lowest BCUT2D eigenvalue weighted by atomic mass is 9.85. The van der Waals surface area contributed by atoms with E-state index in [0.29, 0.717) is 38.7 Å². The molecular formula is C29H36FN3O5S. The van der Waals surface area contributed by atoms with Crippen LogP contribution in [-0.2, 0) is 37.8 Å². The van der Waals surface area contributed by atoms with Crippen LogP contribution >= 0.6 is 0 Å². The Morgan fingerprint density at radius 3 is 2.46 bits per heavy atom. The number of carbonyl (C=O) groups excluding carboxylic acids is 2. The normalized spacial score (nSPS) is 18.6. The molecule has 1 aliphatic rings. The van der Waals surface area contributed by atoms with Crippen molar-refractivity contribution in [1.82, 2.24) is 14.6 Å². The van der Waals surface area contributed by atoms with Gasteiger partial charge in [0.1, 0.15) is 5.82 Å². The summed E-state index contributed by atoms with van der Waals surface area (Å²) in [7, 11) is -1.89. The van der Waals surface area contributed by atoms with Crippen LogP contribution in [0.2, 0.25) is 0 Å². The van der Waals surface area contributed by atoms with Crippen molar-refractivity contribution in [2.24, 2.45) is 13.0 Å². The average molecular weight is 558 g/mol. The minimum Gasteiger partial charge on any atom is -0.466 e. The maximum absolute atomic E-state index is 13.3. The van der Waals surface area contributed by atoms with Gasteiger partial charge in [0.25, 0.3) is 0 Å². The number of aryl methyl sites for hydroxylation is 2. The number of esters is 1. The number of nitrogens with zero attached hydrogens (tertiary/aromatic N) is 1. The van der Waals surface area contributed by atoms with Crippen LogP contribution in [0.15, 0.2) is 53.6 Å². The summed E-state index contributed by atoms with van der Waals surface area (Å²) < 4.78 is 49.5. The number of aromatic nitrogens is 1. The molecule has 0 unspecified atom stereocenters. The maximum Gasteiger partial charge on any atom is 0.306 e. The first kappa shape index (κ1) is 28.8. The van der Waals surface area contributed by atoms with Crippen LogP contribution in [0.3, 0.4) is 0 Å². The zero-order valence-corrected chi connectivity index (χ0v) is 23.4. The molecule has 1 aliphatic carbocycles. The largest absolute Gasteiger partial charge is 0.466 e. The number of rotatable bonds is 10. The number of sulfonamides is 1. The number of nitrogens with one attached hydrogen (secondary N) is 2. The van der Waals surface area contributed by atoms with Gasteiger partial charge in [-0.3, -0.25) is 9.59 Å². The molecule has 1 heterocycles. The Kier molecular flexibility index (Phi) is 9.07. The topological polar surface area (TPSA) is 106 Å². The number of halogens is 1. The van der Waals surface area contributed by atoms with Crippen molar-refractivity contribution < 1.29 is 27.1 Å². The van der Waals surface area contributed by atoms with Gasteiger partial charge in [-0.2, -0.15) is 0 Å². The van der Waals surface area contributed by atoms with E-state index in [0.717, 1.165) is 22.0 Å². The number of amides is 1. The molecule has 0 saturated heterocycles. The van der Waals surface area contributed by atoms with Gasteiger partial charge in [-0.05, 0) is 87.4 Å². The second kappa shape index (κ2) is 12.3. The van der Waals surface area contributed by atoms with Crippen LogP contribution in [0.25, 0.3) is 10.9 Å². The first-order chi connectivity index (χ1) is 18.6. The van der Waals surface area contributed by atoms with Gasteiger partial charge in [-0.1, -0.05) is 12.1 Å². The van der Waals surface area contributed by atoms with Crippen molar-refractivity contribution in [2.75, 3.05) is 6.61 Å². The highest BCUT2D eigenvalue weighted by molar-refractivity contribution is 7.89. The van der Waals surface area contributed by atoms with Crippen LogP contribution in [-0.4, -0.2) is 37.5 Å². The molecule has 210 valence electrons. The summed E-state index contributed by atoms with van der Waals surface area (Å²) in [5, 5.41) is 3.78. The highest BCUT2D eigenvalue weighted by Gasteiger charge is 2.30. The smallest absolute Gasteiger partial charge is 0.306 e. The zero-order chi connectivity index (χ0) is 28.2. The van der Waals surface area contributed by atoms with E-state index in [4.69, 9.17) is 4.74 Å². The summed E-state index contributed by atoms with van der Waals surface area (Å²) >= 11 is 0. The Morgan fingerprint density at radius 2 is 1.79 bits per heavy atom. The van der Waals surface area contributed by atoms with Crippen LogP contribution in [0.4, 0.5) is 4.39 Å². The van der Waals surface area contributed by atoms with Gasteiger partial charge >= 0.3 is 5.97 Å². The summed E-state index contributed by atoms with van der Waals surface area (Å²) in [6, 6.07) is 10.6. The van der Waals surface area contributed by atoms with Gasteiger partial charge in [-0.25, -0.2) is 17.5 Å². The highest BCUT2D eigenvalue weighted by atomic mass is 32.2. The summed E-state index contributed by atoms with van der Waals surface area (Å²) in [6.45, 7) is 3.94. The summed E-state index contributed by atoms with van der Waals surface area (Å²) in [5.74, 6) is -0.875. The summed E-state index contributed by atoms with van der Waals surface area (Å²) in [5.41, 5.74) is 2.60. The molecule has 1 saturated carbocycles. The van der Waals surface area contributed by atoms with Crippen molar-refractivity contribution in [3.05, 3.63) is 65.6 Å². The second-order valence-electron chi connectivity index (χ2n) is 10.2. The quantitative estimate of drug-likeness (QED) is 0.357. The fraction of sp³-hybridized carbons (Fsp3) is 0.448. The van der Waals surface area contributed by atoms with Crippen LogP contribution in [0.1, 0.15) is 63.1 Å². The number of benzene rings is 2. The molecule has 1 amide bonds. The van der Waals surface area contributed by atoms with Crippen molar-refractivity contribution in [3.8, 4) is 0 Å². The van der Waals surface area contributed by atoms with E-state index in [1.165, 1.54) is 12.1 Å². The van der Waals surface area contributed by atoms with E-state index in [2.05, 4.69) is 10.0 Å². The molecule has 10 heteroatoms. The number of hydrogen-bond acceptors (Lipinski definition) is 5. The summed E-state index contributed by atoms with van der Waals surface area (Å²) in [4.78, 5) is 24.8. The Bertz CT molecular complexity index is 1430. The molecule has 1 atom stereocenters. The van der Waals surface area contributed by atoms with Crippen LogP contribution in [0, 0.1) is 11.7 Å². The van der Waals surface area contributed by atoms with E-state index >= 15 is 0 Å². The zero-order valence-electron chi connectivity index (χ0n) is 22.6. The second-order valence-corrected chi connectivity index (χ2v) is 11.9. The first-order valence-corrected chi connectivity index (χ1v) is 14.9. The van der Waals surface area contributed by atoms with Gasteiger partial charge in [0.2, 0.25) is 15.9 Å². The SMILES string of the molecule is CCOC(=O)CCc1cn(C)c2ccc(S(=O)(=O)NC3CCC(C(=O)N[C@H](C)c4ccc(F)cc4)CC3)cc12. The number of fused-ring (bicyclic) bond motifs is 1. The molecule has 1 aromatic heterocycles. The average Bonchev–Trinajstić information content (AvgIpc) is 3.23. The van der Waals surface area contributed by atoms with Crippen LogP contribution in [0.5, 0.6) is 0 Å². The lowest BCUT2D eigenvalue weighted by Crippen LogP contribution is -2.41. The highest BCUT2D eigenvalue weighted by Crippen LogP contribution is 2.29. The molecule has 3 aromatic rings. The third-order valence-corrected chi connectivity index (χ3v) is 8.92. The molecular weight excluding hydrogens is 521 g/mol. The molecule has 2 N–H and O–H groups in total. The fourth-order valence-electron chi connectivity index (χ4n) is 5.22. The molecule has 8 nitrogen and oxygen atoms in total. The molecule has 0 bridgehead atoms. The monoisotopic (exact) mass is 557 g/mol. The van der Waals surface area contributed by atoms with Crippen LogP contribution < -0.4 is 10.0 Å². The summed E-state index contributed by atoms with van der Waals surface area (Å²) in [6.07, 6.45) is 4.86. The lowest BCUT2D eigenvalue weighted by molar-refractivity contribution is -0.143. The van der Waals surface area contributed by atoms with E-state index in [1.54, 1.807) is 37.3 Å². The number of hydrogen-bond donors (Lipinski definition) is 2. The minimum absolute atomic E-state index is 0.0713. The van der Waals surface area contributed by atoms with Gasteiger partial charge in [-0.15, -0.1) is 0 Å². The van der Waals surface area contributed by atoms with Gasteiger partial charge < -0.3 is 14.6 Å². The Morgan fingerprint density at radius 1 is 1.10 bits per heavy atom. The van der Waals surface area contributed by atoms with E-state index in [9.17, 15) is 22.4 Å². The maximum atomic E-state index is 13.3. The third-order valence-electron chi connectivity index (χ3n) is 7.41. The van der Waals surface area contributed by atoms with Crippen molar-refractivity contribution >= 4 is 32.8 Å². The molecule has 4 rings (SSSR count). The molecule has 0 spiro atoms. The predicted octanol–water partition coefficient (Wildman–Crippen LogP) is 4.53. The van der Waals surface area contributed by atoms with Crippen molar-refractivity contribution in [1.29, 1.82) is 0 Å². The molecule has 2 aromatic carbocycles. The van der Waals surface area contributed by atoms with Gasteiger partial charge in [0.15, 0.2) is 0 Å². The lowest BCUT2D eigenvalue weighted by Gasteiger charge is -2.29.